The molecule has 1 heterocycles. The molecule has 2 nitrogen and oxygen atoms in total. The van der Waals surface area contributed by atoms with Crippen molar-refractivity contribution in [1.29, 1.82) is 5.26 Å². The van der Waals surface area contributed by atoms with Crippen molar-refractivity contribution in [3.8, 4) is 6.07 Å². The summed E-state index contributed by atoms with van der Waals surface area (Å²) in [6.07, 6.45) is 0. The Bertz CT molecular complexity index is 562. The summed E-state index contributed by atoms with van der Waals surface area (Å²) in [5, 5.41) is 8.51. The fraction of sp³-hybridized carbons (Fsp3) is 0. The molecule has 0 N–H and O–H groups in total. The van der Waals surface area contributed by atoms with E-state index >= 15 is 0 Å². The van der Waals surface area contributed by atoms with Crippen LogP contribution in [0, 0.1) is 23.0 Å². The molecule has 0 saturated carbocycles. The molecule has 1 aromatic carbocycles. The Morgan fingerprint density at radius 1 is 1.47 bits per heavy atom. The van der Waals surface area contributed by atoms with Gasteiger partial charge < -0.3 is 24.0 Å². The first kappa shape index (κ1) is 13.4. The maximum Gasteiger partial charge on any atom is 1.00 e. The SMILES string of the molecule is N#Cc1cc(F)c2nc([S-])sc2c1F.[K+]. The van der Waals surface area contributed by atoms with Crippen molar-refractivity contribution in [2.45, 2.75) is 4.34 Å². The Morgan fingerprint density at radius 3 is 2.73 bits per heavy atom. The molecule has 0 spiro atoms. The van der Waals surface area contributed by atoms with Crippen LogP contribution in [-0.2, 0) is 12.6 Å². The molecule has 7 heteroatoms. The van der Waals surface area contributed by atoms with Crippen LogP contribution in [-0.4, -0.2) is 4.98 Å². The molecular weight excluding hydrogens is 265 g/mol. The summed E-state index contributed by atoms with van der Waals surface area (Å²) in [4.78, 5) is 3.66. The van der Waals surface area contributed by atoms with Gasteiger partial charge in [-0.15, -0.1) is 0 Å². The molecule has 1 aromatic heterocycles. The number of fused-ring (bicyclic) bond motifs is 1. The Labute approximate surface area is 136 Å². The van der Waals surface area contributed by atoms with Gasteiger partial charge in [0, 0.05) is 0 Å². The maximum atomic E-state index is 13.4. The zero-order valence-corrected chi connectivity index (χ0v) is 12.3. The molecule has 2 rings (SSSR count). The van der Waals surface area contributed by atoms with Gasteiger partial charge in [0.2, 0.25) is 0 Å². The summed E-state index contributed by atoms with van der Waals surface area (Å²) in [6, 6.07) is 2.39. The van der Waals surface area contributed by atoms with E-state index in [0.717, 1.165) is 17.4 Å². The smallest absolute Gasteiger partial charge is 0.408 e. The Kier molecular flexibility index (Phi) is 4.55. The molecule has 0 unspecified atom stereocenters. The van der Waals surface area contributed by atoms with Crippen LogP contribution in [0.1, 0.15) is 5.56 Å². The van der Waals surface area contributed by atoms with Crippen molar-refractivity contribution >= 4 is 34.2 Å². The van der Waals surface area contributed by atoms with Gasteiger partial charge in [-0.1, -0.05) is 0 Å². The first-order valence-corrected chi connectivity index (χ1v) is 4.71. The normalized spacial score (nSPS) is 9.67. The molecule has 0 aliphatic heterocycles. The van der Waals surface area contributed by atoms with E-state index in [2.05, 4.69) is 4.98 Å². The van der Waals surface area contributed by atoms with Gasteiger partial charge in [0.05, 0.1) is 11.1 Å². The molecule has 0 atom stereocenters. The number of rotatable bonds is 0. The fourth-order valence-electron chi connectivity index (χ4n) is 1.07. The maximum absolute atomic E-state index is 13.4. The second kappa shape index (κ2) is 5.10. The van der Waals surface area contributed by atoms with Gasteiger partial charge in [-0.25, -0.2) is 8.78 Å². The summed E-state index contributed by atoms with van der Waals surface area (Å²) in [7, 11) is 0. The third-order valence-electron chi connectivity index (χ3n) is 1.66. The summed E-state index contributed by atoms with van der Waals surface area (Å²) in [5.74, 6) is -1.47. The number of aromatic nitrogens is 1. The minimum absolute atomic E-state index is 0. The Hall–Kier alpha value is 0.316. The van der Waals surface area contributed by atoms with Gasteiger partial charge in [0.25, 0.3) is 0 Å². The van der Waals surface area contributed by atoms with Crippen LogP contribution in [0.15, 0.2) is 10.4 Å². The molecule has 0 saturated heterocycles. The third kappa shape index (κ3) is 2.36. The van der Waals surface area contributed by atoms with Gasteiger partial charge in [0.15, 0.2) is 0 Å². The number of hydrogen-bond donors (Lipinski definition) is 0. The van der Waals surface area contributed by atoms with E-state index in [1.165, 1.54) is 0 Å². The van der Waals surface area contributed by atoms with Gasteiger partial charge >= 0.3 is 51.4 Å². The van der Waals surface area contributed by atoms with E-state index < -0.39 is 11.6 Å². The van der Waals surface area contributed by atoms with Crippen LogP contribution >= 0.6 is 11.3 Å². The molecule has 0 radical (unpaired) electrons. The molecule has 15 heavy (non-hydrogen) atoms. The van der Waals surface area contributed by atoms with E-state index in [1.54, 1.807) is 6.07 Å². The number of thiazole rings is 1. The molecule has 2 aromatic rings. The van der Waals surface area contributed by atoms with Crippen LogP contribution in [0.3, 0.4) is 0 Å². The predicted molar refractivity (Wildman–Crippen MR) is 49.9 cm³/mol. The number of nitriles is 1. The average Bonchev–Trinajstić information content (AvgIpc) is 2.54. The summed E-state index contributed by atoms with van der Waals surface area (Å²) in [5.41, 5.74) is -0.426. The molecule has 70 valence electrons. The van der Waals surface area contributed by atoms with E-state index in [-0.39, 0.29) is 71.5 Å². The third-order valence-corrected chi connectivity index (χ3v) is 2.84. The van der Waals surface area contributed by atoms with Crippen molar-refractivity contribution in [1.82, 2.24) is 4.98 Å². The minimum Gasteiger partial charge on any atom is -0.408 e. The Morgan fingerprint density at radius 2 is 2.13 bits per heavy atom. The van der Waals surface area contributed by atoms with E-state index in [9.17, 15) is 8.78 Å². The van der Waals surface area contributed by atoms with Crippen LogP contribution in [0.5, 0.6) is 0 Å². The van der Waals surface area contributed by atoms with Gasteiger partial charge in [0.1, 0.15) is 17.7 Å². The van der Waals surface area contributed by atoms with E-state index in [1.807, 2.05) is 0 Å². The monoisotopic (exact) mass is 266 g/mol. The van der Waals surface area contributed by atoms with Crippen molar-refractivity contribution in [3.63, 3.8) is 0 Å². The second-order valence-corrected chi connectivity index (χ2v) is 4.13. The zero-order chi connectivity index (χ0) is 10.3. The number of hydrogen-bond acceptors (Lipinski definition) is 4. The number of halogens is 2. The molecular formula is C8HF2KN2S2. The predicted octanol–water partition coefficient (Wildman–Crippen LogP) is -0.644. The number of nitrogens with zero attached hydrogens (tertiary/aromatic N) is 2. The first-order chi connectivity index (χ1) is 6.63. The number of benzene rings is 1. The standard InChI is InChI=1S/C8H2F2N2S2.K/c9-4-1-3(2-11)5(10)7-6(4)12-8(13)14-7;/h1H,(H,12,13);/q;+1/p-1. The van der Waals surface area contributed by atoms with Crippen molar-refractivity contribution < 1.29 is 60.2 Å². The quantitative estimate of drug-likeness (QED) is 0.470. The molecule has 0 amide bonds. The minimum atomic E-state index is -0.752. The van der Waals surface area contributed by atoms with E-state index in [4.69, 9.17) is 17.9 Å². The zero-order valence-electron chi connectivity index (χ0n) is 7.54. The second-order valence-electron chi connectivity index (χ2n) is 2.49. The van der Waals surface area contributed by atoms with Gasteiger partial charge in [-0.3, -0.25) is 4.98 Å². The molecule has 0 bridgehead atoms. The van der Waals surface area contributed by atoms with Crippen molar-refractivity contribution in [2.75, 3.05) is 0 Å². The van der Waals surface area contributed by atoms with Crippen LogP contribution < -0.4 is 51.4 Å². The molecule has 0 aliphatic carbocycles. The van der Waals surface area contributed by atoms with Gasteiger partial charge in [-0.2, -0.15) is 5.26 Å². The molecule has 0 fully saturated rings. The van der Waals surface area contributed by atoms with Crippen molar-refractivity contribution in [2.24, 2.45) is 0 Å². The first-order valence-electron chi connectivity index (χ1n) is 3.49. The van der Waals surface area contributed by atoms with Crippen LogP contribution in [0.25, 0.3) is 10.2 Å². The summed E-state index contributed by atoms with van der Waals surface area (Å²) in [6.45, 7) is 0. The fourth-order valence-corrected chi connectivity index (χ4v) is 2.17. The average molecular weight is 266 g/mol. The summed E-state index contributed by atoms with van der Waals surface area (Å²) < 4.78 is 26.8. The van der Waals surface area contributed by atoms with Gasteiger partial charge in [-0.05, 0) is 15.1 Å². The van der Waals surface area contributed by atoms with Crippen LogP contribution in [0.2, 0.25) is 0 Å². The largest absolute Gasteiger partial charge is 1.00 e. The summed E-state index contributed by atoms with van der Waals surface area (Å²) >= 11 is 5.56. The topological polar surface area (TPSA) is 36.7 Å². The Balaban J connectivity index is 0.00000112. The van der Waals surface area contributed by atoms with E-state index in [0.29, 0.717) is 0 Å². The van der Waals surface area contributed by atoms with Crippen LogP contribution in [0.4, 0.5) is 8.78 Å². The van der Waals surface area contributed by atoms with Crippen molar-refractivity contribution in [3.05, 3.63) is 23.3 Å². The molecule has 0 aliphatic rings.